The van der Waals surface area contributed by atoms with Crippen LogP contribution in [0, 0.1) is 0 Å². The second-order valence-electron chi connectivity index (χ2n) is 5.17. The van der Waals surface area contributed by atoms with Crippen molar-refractivity contribution in [1.29, 1.82) is 0 Å². The number of aryl methyl sites for hydroxylation is 1. The van der Waals surface area contributed by atoms with Crippen LogP contribution >= 0.6 is 0 Å². The molecule has 104 valence electrons. The largest absolute Gasteiger partial charge is 0.312 e. The molecule has 1 N–H and O–H groups in total. The molecule has 1 unspecified atom stereocenters. The Morgan fingerprint density at radius 1 is 1.50 bits per heavy atom. The van der Waals surface area contributed by atoms with E-state index in [-0.39, 0.29) is 6.04 Å². The van der Waals surface area contributed by atoms with Gasteiger partial charge in [0, 0.05) is 32.0 Å². The van der Waals surface area contributed by atoms with Crippen molar-refractivity contribution in [2.75, 3.05) is 12.8 Å². The summed E-state index contributed by atoms with van der Waals surface area (Å²) in [5.41, 5.74) is 0.903. The second-order valence-corrected chi connectivity index (χ2v) is 7.77. The zero-order chi connectivity index (χ0) is 14.0. The molecule has 1 atom stereocenters. The summed E-state index contributed by atoms with van der Waals surface area (Å²) in [6.45, 7) is 6.23. The van der Waals surface area contributed by atoms with Gasteiger partial charge in [-0.1, -0.05) is 6.92 Å². The zero-order valence-electron chi connectivity index (χ0n) is 11.8. The summed E-state index contributed by atoms with van der Waals surface area (Å²) in [6, 6.07) is 1.77. The quantitative estimate of drug-likeness (QED) is 0.831. The first-order valence-corrected chi connectivity index (χ1v) is 7.99. The second kappa shape index (κ2) is 5.40. The van der Waals surface area contributed by atoms with Gasteiger partial charge < -0.3 is 5.32 Å². The maximum absolute atomic E-state index is 11.9. The Labute approximate surface area is 109 Å². The van der Waals surface area contributed by atoms with Gasteiger partial charge >= 0.3 is 0 Å². The van der Waals surface area contributed by atoms with E-state index < -0.39 is 14.6 Å². The lowest BCUT2D eigenvalue weighted by molar-refractivity contribution is 0.410. The van der Waals surface area contributed by atoms with E-state index in [0.717, 1.165) is 12.2 Å². The Bertz CT molecular complexity index is 491. The first kappa shape index (κ1) is 15.2. The maximum atomic E-state index is 11.9. The average molecular weight is 273 g/mol. The first-order valence-electron chi connectivity index (χ1n) is 6.10. The molecule has 0 radical (unpaired) electrons. The smallest absolute Gasteiger partial charge is 0.154 e. The van der Waals surface area contributed by atoms with Gasteiger partial charge in [-0.3, -0.25) is 4.68 Å². The molecule has 0 aromatic carbocycles. The molecule has 0 bridgehead atoms. The molecule has 0 aliphatic heterocycles. The molecule has 0 fully saturated rings. The van der Waals surface area contributed by atoms with E-state index in [0.29, 0.717) is 6.42 Å². The third kappa shape index (κ3) is 3.32. The van der Waals surface area contributed by atoms with Gasteiger partial charge in [0.1, 0.15) is 0 Å². The molecule has 0 amide bonds. The average Bonchev–Trinajstić information content (AvgIpc) is 2.61. The van der Waals surface area contributed by atoms with Crippen molar-refractivity contribution in [2.45, 2.75) is 38.0 Å². The molecule has 0 aliphatic rings. The Balaban J connectivity index is 2.96. The van der Waals surface area contributed by atoms with Crippen molar-refractivity contribution < 1.29 is 8.42 Å². The van der Waals surface area contributed by atoms with E-state index in [4.69, 9.17) is 0 Å². The van der Waals surface area contributed by atoms with Crippen molar-refractivity contribution in [3.8, 4) is 0 Å². The highest BCUT2D eigenvalue weighted by Crippen LogP contribution is 2.22. The van der Waals surface area contributed by atoms with Crippen LogP contribution in [0.2, 0.25) is 0 Å². The van der Waals surface area contributed by atoms with Gasteiger partial charge in [-0.15, -0.1) is 0 Å². The van der Waals surface area contributed by atoms with Crippen molar-refractivity contribution in [2.24, 2.45) is 7.05 Å². The molecule has 1 rings (SSSR count). The van der Waals surface area contributed by atoms with E-state index in [2.05, 4.69) is 10.4 Å². The number of rotatable bonds is 6. The van der Waals surface area contributed by atoms with Gasteiger partial charge in [0.15, 0.2) is 9.84 Å². The monoisotopic (exact) mass is 273 g/mol. The van der Waals surface area contributed by atoms with Crippen LogP contribution < -0.4 is 5.32 Å². The van der Waals surface area contributed by atoms with Gasteiger partial charge in [0.25, 0.3) is 0 Å². The van der Waals surface area contributed by atoms with Crippen molar-refractivity contribution >= 4 is 9.84 Å². The number of hydrogen-bond donors (Lipinski definition) is 1. The first-order chi connectivity index (χ1) is 8.18. The number of hydrogen-bond acceptors (Lipinski definition) is 4. The highest BCUT2D eigenvalue weighted by Gasteiger charge is 2.38. The van der Waals surface area contributed by atoms with Gasteiger partial charge in [0.05, 0.1) is 10.4 Å². The molecule has 0 saturated heterocycles. The summed E-state index contributed by atoms with van der Waals surface area (Å²) in [5, 5.41) is 7.57. The number of aromatic nitrogens is 2. The van der Waals surface area contributed by atoms with E-state index in [1.165, 1.54) is 6.26 Å². The summed E-state index contributed by atoms with van der Waals surface area (Å²) >= 11 is 0. The Morgan fingerprint density at radius 3 is 2.50 bits per heavy atom. The fourth-order valence-electron chi connectivity index (χ4n) is 1.85. The van der Waals surface area contributed by atoms with E-state index in [1.54, 1.807) is 18.5 Å². The summed E-state index contributed by atoms with van der Waals surface area (Å²) in [4.78, 5) is 0. The van der Waals surface area contributed by atoms with Crippen LogP contribution in [0.3, 0.4) is 0 Å². The van der Waals surface area contributed by atoms with Gasteiger partial charge in [-0.05, 0) is 26.5 Å². The topological polar surface area (TPSA) is 64.0 Å². The minimum absolute atomic E-state index is 0.146. The van der Waals surface area contributed by atoms with Crippen LogP contribution in [0.15, 0.2) is 12.3 Å². The fourth-order valence-corrected chi connectivity index (χ4v) is 2.53. The SMILES string of the molecule is CCNC(Cc1ccn(C)n1)C(C)(C)S(C)(=O)=O. The molecule has 6 heteroatoms. The van der Waals surface area contributed by atoms with Crippen molar-refractivity contribution in [1.82, 2.24) is 15.1 Å². The predicted octanol–water partition coefficient (Wildman–Crippen LogP) is 0.764. The molecular formula is C12H23N3O2S. The molecular weight excluding hydrogens is 250 g/mol. The zero-order valence-corrected chi connectivity index (χ0v) is 12.6. The van der Waals surface area contributed by atoms with Crippen LogP contribution in [0.5, 0.6) is 0 Å². The summed E-state index contributed by atoms with van der Waals surface area (Å²) < 4.78 is 24.7. The van der Waals surface area contributed by atoms with Gasteiger partial charge in [-0.2, -0.15) is 5.10 Å². The third-order valence-corrected chi connectivity index (χ3v) is 5.62. The van der Waals surface area contributed by atoms with Crippen LogP contribution in [0.4, 0.5) is 0 Å². The lowest BCUT2D eigenvalue weighted by atomic mass is 9.98. The molecule has 1 heterocycles. The predicted molar refractivity (Wildman–Crippen MR) is 73.3 cm³/mol. The lowest BCUT2D eigenvalue weighted by Gasteiger charge is -2.33. The van der Waals surface area contributed by atoms with Gasteiger partial charge in [-0.25, -0.2) is 8.42 Å². The Morgan fingerprint density at radius 2 is 2.11 bits per heavy atom. The van der Waals surface area contributed by atoms with E-state index in [1.807, 2.05) is 26.2 Å². The Hall–Kier alpha value is -0.880. The van der Waals surface area contributed by atoms with Crippen LogP contribution in [0.25, 0.3) is 0 Å². The maximum Gasteiger partial charge on any atom is 0.154 e. The molecule has 18 heavy (non-hydrogen) atoms. The standard InChI is InChI=1S/C12H23N3O2S/c1-6-13-11(12(2,3)18(5,16)17)9-10-7-8-15(4)14-10/h7-8,11,13H,6,9H2,1-5H3. The van der Waals surface area contributed by atoms with Gasteiger partial charge in [0.2, 0.25) is 0 Å². The van der Waals surface area contributed by atoms with Crippen molar-refractivity contribution in [3.63, 3.8) is 0 Å². The molecule has 0 spiro atoms. The van der Waals surface area contributed by atoms with Crippen LogP contribution in [0.1, 0.15) is 26.5 Å². The summed E-state index contributed by atoms with van der Waals surface area (Å²) in [7, 11) is -1.28. The number of likely N-dealkylation sites (N-methyl/N-ethyl adjacent to an activating group) is 1. The number of nitrogens with zero attached hydrogens (tertiary/aromatic N) is 2. The highest BCUT2D eigenvalue weighted by atomic mass is 32.2. The number of sulfone groups is 1. The molecule has 0 aliphatic carbocycles. The lowest BCUT2D eigenvalue weighted by Crippen LogP contribution is -2.52. The Kier molecular flexibility index (Phi) is 4.55. The normalized spacial score (nSPS) is 14.7. The molecule has 5 nitrogen and oxygen atoms in total. The van der Waals surface area contributed by atoms with E-state index >= 15 is 0 Å². The summed E-state index contributed by atoms with van der Waals surface area (Å²) in [5.74, 6) is 0. The van der Waals surface area contributed by atoms with E-state index in [9.17, 15) is 8.42 Å². The minimum Gasteiger partial charge on any atom is -0.312 e. The van der Waals surface area contributed by atoms with Crippen LogP contribution in [-0.2, 0) is 23.3 Å². The third-order valence-electron chi connectivity index (χ3n) is 3.43. The molecule has 1 aromatic rings. The fraction of sp³-hybridized carbons (Fsp3) is 0.750. The van der Waals surface area contributed by atoms with Crippen molar-refractivity contribution in [3.05, 3.63) is 18.0 Å². The summed E-state index contributed by atoms with van der Waals surface area (Å²) in [6.07, 6.45) is 3.76. The highest BCUT2D eigenvalue weighted by molar-refractivity contribution is 7.92. The molecule has 0 saturated carbocycles. The number of nitrogens with one attached hydrogen (secondary N) is 1. The van der Waals surface area contributed by atoms with Crippen LogP contribution in [-0.4, -0.2) is 41.8 Å². The minimum atomic E-state index is -3.13. The molecule has 1 aromatic heterocycles.